The van der Waals surface area contributed by atoms with Crippen LogP contribution in [0.5, 0.6) is 0 Å². The highest BCUT2D eigenvalue weighted by molar-refractivity contribution is 6.44. The Morgan fingerprint density at radius 2 is 2.13 bits per heavy atom. The Kier molecular flexibility index (Phi) is 1.76. The standard InChI is InChI=1S/C11H5BClNO/c12-7-1-2-8(13)11-10(7)6-5-14-4-3-9(6)15-11/h1-5H. The number of rotatable bonds is 0. The lowest BCUT2D eigenvalue weighted by molar-refractivity contribution is 0.668. The number of hydrogen-bond acceptors (Lipinski definition) is 2. The van der Waals surface area contributed by atoms with E-state index in [-0.39, 0.29) is 0 Å². The Morgan fingerprint density at radius 1 is 1.27 bits per heavy atom. The molecular weight excluding hydrogens is 208 g/mol. The highest BCUT2D eigenvalue weighted by atomic mass is 35.5. The predicted octanol–water partition coefficient (Wildman–Crippen LogP) is 2.43. The number of aromatic nitrogens is 1. The Morgan fingerprint density at radius 3 is 3.00 bits per heavy atom. The number of pyridine rings is 1. The largest absolute Gasteiger partial charge is 0.454 e. The molecule has 0 fully saturated rings. The Hall–Kier alpha value is -1.48. The van der Waals surface area contributed by atoms with Crippen LogP contribution in [-0.4, -0.2) is 12.8 Å². The van der Waals surface area contributed by atoms with Crippen LogP contribution in [-0.2, 0) is 0 Å². The van der Waals surface area contributed by atoms with E-state index in [2.05, 4.69) is 4.98 Å². The number of benzene rings is 1. The SMILES string of the molecule is [B]c1ccc(Cl)c2oc3ccncc3c12. The van der Waals surface area contributed by atoms with Crippen molar-refractivity contribution in [2.24, 2.45) is 0 Å². The second kappa shape index (κ2) is 3.01. The fraction of sp³-hybridized carbons (Fsp3) is 0. The summed E-state index contributed by atoms with van der Waals surface area (Å²) in [6, 6.07) is 5.30. The first-order chi connectivity index (χ1) is 7.27. The third-order valence-electron chi connectivity index (χ3n) is 2.40. The molecule has 0 amide bonds. The number of fused-ring (bicyclic) bond motifs is 3. The molecular formula is C11H5BClNO. The van der Waals surface area contributed by atoms with E-state index in [0.717, 1.165) is 16.4 Å². The molecule has 1 aromatic carbocycles. The van der Waals surface area contributed by atoms with Gasteiger partial charge in [0.05, 0.1) is 5.02 Å². The second-order valence-electron chi connectivity index (χ2n) is 3.31. The van der Waals surface area contributed by atoms with Crippen LogP contribution in [0.2, 0.25) is 5.02 Å². The molecule has 2 aromatic heterocycles. The van der Waals surface area contributed by atoms with Crippen molar-refractivity contribution in [3.8, 4) is 0 Å². The molecule has 2 heterocycles. The number of hydrogen-bond donors (Lipinski definition) is 0. The zero-order valence-electron chi connectivity index (χ0n) is 7.70. The average molecular weight is 213 g/mol. The van der Waals surface area contributed by atoms with Crippen LogP contribution in [0.4, 0.5) is 0 Å². The summed E-state index contributed by atoms with van der Waals surface area (Å²) in [6.45, 7) is 0. The predicted molar refractivity (Wildman–Crippen MR) is 61.9 cm³/mol. The van der Waals surface area contributed by atoms with Crippen LogP contribution in [0.25, 0.3) is 21.9 Å². The molecule has 0 aliphatic rings. The van der Waals surface area contributed by atoms with E-state index in [1.54, 1.807) is 30.6 Å². The normalized spacial score (nSPS) is 11.3. The molecule has 15 heavy (non-hydrogen) atoms. The highest BCUT2D eigenvalue weighted by Crippen LogP contribution is 2.30. The molecule has 3 aromatic rings. The molecule has 0 N–H and O–H groups in total. The molecule has 0 unspecified atom stereocenters. The van der Waals surface area contributed by atoms with Crippen LogP contribution < -0.4 is 5.46 Å². The summed E-state index contributed by atoms with van der Waals surface area (Å²) >= 11 is 6.03. The van der Waals surface area contributed by atoms with Crippen molar-refractivity contribution in [3.63, 3.8) is 0 Å². The molecule has 0 saturated heterocycles. The number of halogens is 1. The van der Waals surface area contributed by atoms with Gasteiger partial charge >= 0.3 is 0 Å². The van der Waals surface area contributed by atoms with Gasteiger partial charge in [-0.15, -0.1) is 0 Å². The summed E-state index contributed by atoms with van der Waals surface area (Å²) in [5, 5.41) is 2.30. The molecule has 70 valence electrons. The first-order valence-electron chi connectivity index (χ1n) is 4.47. The van der Waals surface area contributed by atoms with Gasteiger partial charge in [0.2, 0.25) is 0 Å². The van der Waals surface area contributed by atoms with Crippen molar-refractivity contribution in [1.82, 2.24) is 4.98 Å². The van der Waals surface area contributed by atoms with E-state index in [1.165, 1.54) is 0 Å². The lowest BCUT2D eigenvalue weighted by Crippen LogP contribution is -2.01. The molecule has 3 rings (SSSR count). The minimum absolute atomic E-state index is 0.565. The van der Waals surface area contributed by atoms with Crippen LogP contribution in [0, 0.1) is 0 Å². The lowest BCUT2D eigenvalue weighted by Gasteiger charge is -1.96. The molecule has 0 aliphatic heterocycles. The van der Waals surface area contributed by atoms with E-state index in [4.69, 9.17) is 23.9 Å². The van der Waals surface area contributed by atoms with Gasteiger partial charge in [0.25, 0.3) is 0 Å². The van der Waals surface area contributed by atoms with Gasteiger partial charge < -0.3 is 4.42 Å². The number of furan rings is 1. The van der Waals surface area contributed by atoms with Gasteiger partial charge in [0, 0.05) is 23.2 Å². The topological polar surface area (TPSA) is 26.0 Å². The van der Waals surface area contributed by atoms with Gasteiger partial charge in [0.15, 0.2) is 5.58 Å². The van der Waals surface area contributed by atoms with Crippen LogP contribution in [0.15, 0.2) is 35.0 Å². The molecule has 4 heteroatoms. The highest BCUT2D eigenvalue weighted by Gasteiger charge is 2.11. The van der Waals surface area contributed by atoms with Crippen molar-refractivity contribution in [2.45, 2.75) is 0 Å². The smallest absolute Gasteiger partial charge is 0.153 e. The molecule has 0 atom stereocenters. The molecule has 0 bridgehead atoms. The summed E-state index contributed by atoms with van der Waals surface area (Å²) in [5.41, 5.74) is 2.03. The van der Waals surface area contributed by atoms with Gasteiger partial charge in [-0.25, -0.2) is 0 Å². The Labute approximate surface area is 92.3 Å². The Balaban J connectivity index is 2.66. The van der Waals surface area contributed by atoms with Crippen LogP contribution >= 0.6 is 11.6 Å². The van der Waals surface area contributed by atoms with Crippen molar-refractivity contribution in [2.75, 3.05) is 0 Å². The molecule has 0 aliphatic carbocycles. The van der Waals surface area contributed by atoms with Gasteiger partial charge in [-0.3, -0.25) is 4.98 Å². The molecule has 0 saturated carbocycles. The van der Waals surface area contributed by atoms with Gasteiger partial charge in [-0.1, -0.05) is 23.1 Å². The van der Waals surface area contributed by atoms with E-state index in [0.29, 0.717) is 16.1 Å². The zero-order chi connectivity index (χ0) is 10.4. The maximum Gasteiger partial charge on any atom is 0.153 e. The van der Waals surface area contributed by atoms with Crippen molar-refractivity contribution in [1.29, 1.82) is 0 Å². The van der Waals surface area contributed by atoms with Crippen LogP contribution in [0.3, 0.4) is 0 Å². The van der Waals surface area contributed by atoms with Crippen molar-refractivity contribution >= 4 is 46.8 Å². The average Bonchev–Trinajstić information content (AvgIpc) is 2.64. The molecule has 2 radical (unpaired) electrons. The van der Waals surface area contributed by atoms with Gasteiger partial charge in [-0.2, -0.15) is 0 Å². The monoisotopic (exact) mass is 213 g/mol. The maximum atomic E-state index is 6.03. The summed E-state index contributed by atoms with van der Waals surface area (Å²) in [4.78, 5) is 4.05. The minimum Gasteiger partial charge on any atom is -0.454 e. The van der Waals surface area contributed by atoms with Gasteiger partial charge in [-0.05, 0) is 12.1 Å². The summed E-state index contributed by atoms with van der Waals surface area (Å²) < 4.78 is 5.61. The first-order valence-corrected chi connectivity index (χ1v) is 4.85. The molecule has 2 nitrogen and oxygen atoms in total. The first kappa shape index (κ1) is 8.80. The Bertz CT molecular complexity index is 662. The fourth-order valence-corrected chi connectivity index (χ4v) is 1.91. The summed E-state index contributed by atoms with van der Waals surface area (Å²) in [5.74, 6) is 0. The maximum absolute atomic E-state index is 6.03. The quantitative estimate of drug-likeness (QED) is 0.536. The summed E-state index contributed by atoms with van der Waals surface area (Å²) in [7, 11) is 5.89. The third-order valence-corrected chi connectivity index (χ3v) is 2.70. The lowest BCUT2D eigenvalue weighted by atomic mass is 9.91. The van der Waals surface area contributed by atoms with Crippen molar-refractivity contribution < 1.29 is 4.42 Å². The van der Waals surface area contributed by atoms with Crippen molar-refractivity contribution in [3.05, 3.63) is 35.6 Å². The minimum atomic E-state index is 0.565. The summed E-state index contributed by atoms with van der Waals surface area (Å²) in [6.07, 6.45) is 3.41. The fourth-order valence-electron chi connectivity index (χ4n) is 1.72. The second-order valence-corrected chi connectivity index (χ2v) is 3.72. The van der Waals surface area contributed by atoms with E-state index < -0.39 is 0 Å². The van der Waals surface area contributed by atoms with E-state index >= 15 is 0 Å². The van der Waals surface area contributed by atoms with Crippen LogP contribution in [0.1, 0.15) is 0 Å². The van der Waals surface area contributed by atoms with E-state index in [1.807, 2.05) is 0 Å². The third kappa shape index (κ3) is 1.16. The van der Waals surface area contributed by atoms with E-state index in [9.17, 15) is 0 Å². The zero-order valence-corrected chi connectivity index (χ0v) is 8.45. The molecule has 0 spiro atoms. The van der Waals surface area contributed by atoms with Gasteiger partial charge in [0.1, 0.15) is 13.4 Å². The number of nitrogens with zero attached hydrogens (tertiary/aromatic N) is 1.